The zero-order valence-electron chi connectivity index (χ0n) is 27.3. The quantitative estimate of drug-likeness (QED) is 0.0389. The van der Waals surface area contributed by atoms with Gasteiger partial charge in [0.15, 0.2) is 6.29 Å². The summed E-state index contributed by atoms with van der Waals surface area (Å²) in [4.78, 5) is 43.0. The molecule has 2 atom stereocenters. The third-order valence-electron chi connectivity index (χ3n) is 7.73. The molecule has 2 fully saturated rings. The minimum absolute atomic E-state index is 0.150. The van der Waals surface area contributed by atoms with Crippen LogP contribution in [0.2, 0.25) is 0 Å². The first kappa shape index (κ1) is 39.7. The molecular weight excluding hydrogens is 691 g/mol. The van der Waals surface area contributed by atoms with Crippen molar-refractivity contribution >= 4 is 77.9 Å². The standard InChI is InChI=1S/C16H21N3OS2.C9H7NO5.C8H17NS2/c17-16(20)14-7-4-5-12-11-19(18-15(12)14)9-3-1-2-6-13-8-10-21-22-13;1-15-9(12)7-4-2-3-6(5-11)8(7)10(13)14;9-6-3-1-2-4-8-5-7-10-11-8/h4-5,7,11,13H,1-3,6,8-10H2,(H2,17,20);2-5H,1H3;8H,1-7,9H2/t;;8-/m..1/s1. The van der Waals surface area contributed by atoms with Gasteiger partial charge in [0.1, 0.15) is 11.1 Å². The smallest absolute Gasteiger partial charge is 0.344 e. The molecule has 2 saturated heterocycles. The number of hydrogen-bond acceptors (Lipinski definition) is 12. The van der Waals surface area contributed by atoms with Gasteiger partial charge in [-0.15, -0.1) is 0 Å². The molecule has 0 radical (unpaired) electrons. The van der Waals surface area contributed by atoms with E-state index in [1.54, 1.807) is 6.07 Å². The van der Waals surface area contributed by atoms with E-state index in [1.165, 1.54) is 87.5 Å². The van der Waals surface area contributed by atoms with Gasteiger partial charge >= 0.3 is 5.97 Å². The number of carbonyl (C=O) groups is 3. The summed E-state index contributed by atoms with van der Waals surface area (Å²) in [6.07, 6.45) is 15.5. The maximum absolute atomic E-state index is 11.4. The van der Waals surface area contributed by atoms with E-state index in [-0.39, 0.29) is 11.1 Å². The normalized spacial score (nSPS) is 16.8. The molecule has 0 saturated carbocycles. The van der Waals surface area contributed by atoms with Crippen molar-refractivity contribution in [1.82, 2.24) is 9.78 Å². The Labute approximate surface area is 297 Å². The summed E-state index contributed by atoms with van der Waals surface area (Å²) in [5, 5.41) is 18.0. The number of methoxy groups -OCH3 is 1. The molecule has 11 nitrogen and oxygen atoms in total. The van der Waals surface area contributed by atoms with Gasteiger partial charge in [0.2, 0.25) is 0 Å². The predicted octanol–water partition coefficient (Wildman–Crippen LogP) is 7.70. The number of primary amides is 1. The molecule has 262 valence electrons. The highest BCUT2D eigenvalue weighted by molar-refractivity contribution is 8.77. The van der Waals surface area contributed by atoms with Crippen LogP contribution in [0.25, 0.3) is 10.9 Å². The number of nitrogens with zero attached hydrogens (tertiary/aromatic N) is 3. The maximum atomic E-state index is 11.4. The molecule has 0 spiro atoms. The third kappa shape index (κ3) is 13.0. The molecule has 48 heavy (non-hydrogen) atoms. The number of aryl methyl sites for hydroxylation is 1. The molecule has 5 rings (SSSR count). The lowest BCUT2D eigenvalue weighted by Crippen LogP contribution is -2.11. The summed E-state index contributed by atoms with van der Waals surface area (Å²) in [5.74, 6) is 1.43. The zero-order chi connectivity index (χ0) is 34.7. The summed E-state index contributed by atoms with van der Waals surface area (Å²) in [6, 6.07) is 9.43. The number of benzene rings is 2. The van der Waals surface area contributed by atoms with Gasteiger partial charge in [-0.2, -0.15) is 5.10 Å². The maximum Gasteiger partial charge on any atom is 0.344 e. The average molecular weight is 736 g/mol. The van der Waals surface area contributed by atoms with Crippen molar-refractivity contribution in [3.8, 4) is 0 Å². The highest BCUT2D eigenvalue weighted by atomic mass is 33.1. The number of unbranched alkanes of at least 4 members (excludes halogenated alkanes) is 4. The summed E-state index contributed by atoms with van der Waals surface area (Å²) in [7, 11) is 9.31. The van der Waals surface area contributed by atoms with E-state index >= 15 is 0 Å². The summed E-state index contributed by atoms with van der Waals surface area (Å²) in [5.41, 5.74) is 11.1. The Morgan fingerprint density at radius 1 is 0.979 bits per heavy atom. The Balaban J connectivity index is 0.000000209. The highest BCUT2D eigenvalue weighted by Gasteiger charge is 2.24. The van der Waals surface area contributed by atoms with Crippen LogP contribution < -0.4 is 11.5 Å². The van der Waals surface area contributed by atoms with Gasteiger partial charge in [0.05, 0.1) is 23.2 Å². The SMILES string of the molecule is COC(=O)c1cccc(C=O)c1[N+](=O)[O-].NC(=O)c1cccc2cn(CCCCCC3CCSS3)nc12.NCCCCC[C@@H]1CCSS1. The number of para-hydroxylation sites is 1. The molecule has 2 aliphatic heterocycles. The number of aldehydes is 1. The monoisotopic (exact) mass is 735 g/mol. The van der Waals surface area contributed by atoms with E-state index in [2.05, 4.69) is 31.4 Å². The number of carbonyl (C=O) groups excluding carboxylic acids is 3. The number of amides is 1. The predicted molar refractivity (Wildman–Crippen MR) is 201 cm³/mol. The number of nitro benzene ring substituents is 1. The topological polar surface area (TPSA) is 173 Å². The Morgan fingerprint density at radius 3 is 2.15 bits per heavy atom. The van der Waals surface area contributed by atoms with Gasteiger partial charge in [-0.25, -0.2) is 4.79 Å². The van der Waals surface area contributed by atoms with Crippen LogP contribution in [-0.4, -0.2) is 68.5 Å². The van der Waals surface area contributed by atoms with Crippen LogP contribution >= 0.6 is 43.2 Å². The van der Waals surface area contributed by atoms with Crippen LogP contribution in [0, 0.1) is 10.1 Å². The van der Waals surface area contributed by atoms with E-state index < -0.39 is 22.5 Å². The molecule has 0 aliphatic carbocycles. The second-order valence-electron chi connectivity index (χ2n) is 11.3. The number of ether oxygens (including phenoxy) is 1. The van der Waals surface area contributed by atoms with Crippen molar-refractivity contribution in [3.63, 3.8) is 0 Å². The number of aromatic nitrogens is 2. The number of nitrogens with two attached hydrogens (primary N) is 2. The lowest BCUT2D eigenvalue weighted by molar-refractivity contribution is -0.385. The van der Waals surface area contributed by atoms with Crippen molar-refractivity contribution in [2.45, 2.75) is 81.3 Å². The van der Waals surface area contributed by atoms with E-state index in [9.17, 15) is 24.5 Å². The molecule has 4 N–H and O–H groups in total. The number of esters is 1. The van der Waals surface area contributed by atoms with Crippen molar-refractivity contribution in [3.05, 3.63) is 69.4 Å². The molecule has 1 unspecified atom stereocenters. The van der Waals surface area contributed by atoms with Crippen LogP contribution in [0.4, 0.5) is 5.69 Å². The molecule has 0 bridgehead atoms. The average Bonchev–Trinajstić information content (AvgIpc) is 3.89. The van der Waals surface area contributed by atoms with Crippen LogP contribution in [0.5, 0.6) is 0 Å². The molecule has 15 heteroatoms. The molecular formula is C33H45N5O6S4. The molecule has 3 aromatic rings. The molecule has 3 heterocycles. The van der Waals surface area contributed by atoms with Crippen molar-refractivity contribution in [2.24, 2.45) is 11.5 Å². The fourth-order valence-corrected chi connectivity index (χ4v) is 11.2. The van der Waals surface area contributed by atoms with Crippen LogP contribution in [0.15, 0.2) is 42.6 Å². The molecule has 2 aromatic carbocycles. The van der Waals surface area contributed by atoms with Gasteiger partial charge in [0.25, 0.3) is 11.6 Å². The summed E-state index contributed by atoms with van der Waals surface area (Å²) < 4.78 is 6.31. The minimum Gasteiger partial charge on any atom is -0.465 e. The Morgan fingerprint density at radius 2 is 1.60 bits per heavy atom. The van der Waals surface area contributed by atoms with Crippen LogP contribution in [0.3, 0.4) is 0 Å². The van der Waals surface area contributed by atoms with Crippen LogP contribution in [-0.2, 0) is 11.3 Å². The fraction of sp³-hybridized carbons (Fsp3) is 0.515. The van der Waals surface area contributed by atoms with Crippen molar-refractivity contribution < 1.29 is 24.0 Å². The first-order chi connectivity index (χ1) is 23.3. The van der Waals surface area contributed by atoms with Crippen molar-refractivity contribution in [2.75, 3.05) is 25.2 Å². The zero-order valence-corrected chi connectivity index (χ0v) is 30.5. The first-order valence-electron chi connectivity index (χ1n) is 16.1. The van der Waals surface area contributed by atoms with Crippen LogP contribution in [0.1, 0.15) is 95.3 Å². The first-order valence-corrected chi connectivity index (χ1v) is 20.9. The number of hydrogen-bond donors (Lipinski definition) is 2. The van der Waals surface area contributed by atoms with Gasteiger partial charge in [0, 0.05) is 40.1 Å². The van der Waals surface area contributed by atoms with E-state index in [4.69, 9.17) is 11.5 Å². The third-order valence-corrected chi connectivity index (χ3v) is 13.7. The Bertz CT molecular complexity index is 1480. The lowest BCUT2D eigenvalue weighted by Gasteiger charge is -2.06. The lowest BCUT2D eigenvalue weighted by atomic mass is 10.1. The second-order valence-corrected chi connectivity index (χ2v) is 16.8. The Kier molecular flexibility index (Phi) is 18.3. The fourth-order valence-electron chi connectivity index (χ4n) is 5.19. The van der Waals surface area contributed by atoms with E-state index in [0.717, 1.165) is 48.0 Å². The minimum atomic E-state index is -0.842. The second kappa shape index (κ2) is 22.1. The number of fused-ring (bicyclic) bond motifs is 1. The molecule has 2 aliphatic rings. The number of nitro groups is 1. The summed E-state index contributed by atoms with van der Waals surface area (Å²) >= 11 is 0. The van der Waals surface area contributed by atoms with E-state index in [0.29, 0.717) is 11.8 Å². The Hall–Kier alpha value is -2.72. The number of rotatable bonds is 15. The van der Waals surface area contributed by atoms with Gasteiger partial charge in [-0.3, -0.25) is 24.4 Å². The highest BCUT2D eigenvalue weighted by Crippen LogP contribution is 2.40. The van der Waals surface area contributed by atoms with Gasteiger partial charge in [-0.05, 0) is 63.3 Å². The van der Waals surface area contributed by atoms with Gasteiger partial charge < -0.3 is 16.2 Å². The summed E-state index contributed by atoms with van der Waals surface area (Å²) in [6.45, 7) is 1.77. The molecule has 1 aromatic heterocycles. The largest absolute Gasteiger partial charge is 0.465 e. The molecule has 1 amide bonds. The van der Waals surface area contributed by atoms with E-state index in [1.807, 2.05) is 44.6 Å². The van der Waals surface area contributed by atoms with Crippen molar-refractivity contribution in [1.29, 1.82) is 0 Å². The van der Waals surface area contributed by atoms with Gasteiger partial charge in [-0.1, -0.05) is 87.1 Å².